The molecule has 2 saturated heterocycles. The van der Waals surface area contributed by atoms with E-state index in [1.165, 1.54) is 5.56 Å². The molecule has 0 aliphatic carbocycles. The molecule has 7 nitrogen and oxygen atoms in total. The normalized spacial score (nSPS) is 19.2. The van der Waals surface area contributed by atoms with Crippen molar-refractivity contribution in [3.05, 3.63) is 60.2 Å². The molecule has 4 rings (SSSR count). The topological polar surface area (TPSA) is 65.1 Å². The highest BCUT2D eigenvalue weighted by Crippen LogP contribution is 2.24. The maximum atomic E-state index is 12.9. The quantitative estimate of drug-likeness (QED) is 0.713. The van der Waals surface area contributed by atoms with Crippen molar-refractivity contribution in [3.8, 4) is 0 Å². The molecule has 2 aliphatic heterocycles. The molecule has 2 aromatic rings. The minimum absolute atomic E-state index is 0.161. The maximum absolute atomic E-state index is 12.9. The molecule has 1 unspecified atom stereocenters. The maximum Gasteiger partial charge on any atom is 0.410 e. The summed E-state index contributed by atoms with van der Waals surface area (Å²) < 4.78 is 5.47. The van der Waals surface area contributed by atoms with Crippen LogP contribution < -0.4 is 10.2 Å². The molecule has 0 spiro atoms. The van der Waals surface area contributed by atoms with E-state index in [1.54, 1.807) is 4.90 Å². The second-order valence-corrected chi connectivity index (χ2v) is 10.1. The van der Waals surface area contributed by atoms with Crippen molar-refractivity contribution in [2.24, 2.45) is 0 Å². The van der Waals surface area contributed by atoms with Gasteiger partial charge in [0.25, 0.3) is 0 Å². The molecule has 0 bridgehead atoms. The van der Waals surface area contributed by atoms with Crippen LogP contribution in [-0.2, 0) is 16.1 Å². The summed E-state index contributed by atoms with van der Waals surface area (Å²) >= 11 is 0. The van der Waals surface area contributed by atoms with Crippen molar-refractivity contribution in [1.29, 1.82) is 0 Å². The number of nitrogens with zero attached hydrogens (tertiary/aromatic N) is 3. The van der Waals surface area contributed by atoms with Gasteiger partial charge in [-0.15, -0.1) is 0 Å². The number of rotatable bonds is 5. The van der Waals surface area contributed by atoms with Crippen LogP contribution in [0.3, 0.4) is 0 Å². The molecule has 0 aromatic heterocycles. The van der Waals surface area contributed by atoms with Gasteiger partial charge in [0.05, 0.1) is 0 Å². The van der Waals surface area contributed by atoms with Gasteiger partial charge >= 0.3 is 6.09 Å². The summed E-state index contributed by atoms with van der Waals surface area (Å²) in [5.41, 5.74) is 2.67. The first-order valence-corrected chi connectivity index (χ1v) is 12.2. The summed E-state index contributed by atoms with van der Waals surface area (Å²) in [6.07, 6.45) is 1.02. The van der Waals surface area contributed by atoms with Gasteiger partial charge in [0.2, 0.25) is 5.91 Å². The fourth-order valence-corrected chi connectivity index (χ4v) is 4.57. The first-order chi connectivity index (χ1) is 16.3. The van der Waals surface area contributed by atoms with Crippen molar-refractivity contribution in [2.45, 2.75) is 51.8 Å². The van der Waals surface area contributed by atoms with E-state index in [9.17, 15) is 9.59 Å². The minimum atomic E-state index is -0.580. The molecule has 2 aromatic carbocycles. The van der Waals surface area contributed by atoms with E-state index < -0.39 is 17.7 Å². The average molecular weight is 465 g/mol. The van der Waals surface area contributed by atoms with Crippen LogP contribution in [0.15, 0.2) is 54.6 Å². The van der Waals surface area contributed by atoms with Gasteiger partial charge < -0.3 is 15.0 Å². The van der Waals surface area contributed by atoms with Crippen LogP contribution in [0.5, 0.6) is 0 Å². The summed E-state index contributed by atoms with van der Waals surface area (Å²) in [6, 6.07) is 18.1. The number of piperazine rings is 1. The van der Waals surface area contributed by atoms with Crippen LogP contribution in [0.4, 0.5) is 16.2 Å². The third-order valence-electron chi connectivity index (χ3n) is 6.30. The molecule has 34 heavy (non-hydrogen) atoms. The number of carbonyl (C=O) groups is 2. The second-order valence-electron chi connectivity index (χ2n) is 10.1. The monoisotopic (exact) mass is 464 g/mol. The summed E-state index contributed by atoms with van der Waals surface area (Å²) in [5, 5.41) is 2.98. The van der Waals surface area contributed by atoms with Crippen LogP contribution in [0.2, 0.25) is 0 Å². The van der Waals surface area contributed by atoms with Gasteiger partial charge in [0.15, 0.2) is 0 Å². The number of benzene rings is 2. The largest absolute Gasteiger partial charge is 0.444 e. The summed E-state index contributed by atoms with van der Waals surface area (Å²) in [6.45, 7) is 11.0. The Morgan fingerprint density at radius 1 is 0.941 bits per heavy atom. The van der Waals surface area contributed by atoms with Gasteiger partial charge in [-0.1, -0.05) is 30.3 Å². The Bertz CT molecular complexity index is 964. The Balaban J connectivity index is 1.28. The SMILES string of the molecule is CC(C)(C)OC(=O)N1CCCC1C(=O)Nc1ccc(N2CCN(Cc3ccccc3)CC2)cc1. The molecule has 1 atom stereocenters. The molecular formula is C27H36N4O3. The molecule has 2 heterocycles. The van der Waals surface area contributed by atoms with Crippen molar-refractivity contribution < 1.29 is 14.3 Å². The number of carbonyl (C=O) groups excluding carboxylic acids is 2. The molecule has 182 valence electrons. The smallest absolute Gasteiger partial charge is 0.410 e. The van der Waals surface area contributed by atoms with E-state index in [-0.39, 0.29) is 5.91 Å². The Labute approximate surface area is 202 Å². The highest BCUT2D eigenvalue weighted by molar-refractivity contribution is 5.97. The van der Waals surface area contributed by atoms with Gasteiger partial charge in [0, 0.05) is 50.6 Å². The minimum Gasteiger partial charge on any atom is -0.444 e. The number of amides is 2. The first kappa shape index (κ1) is 24.1. The predicted octanol–water partition coefficient (Wildman–Crippen LogP) is 4.35. The highest BCUT2D eigenvalue weighted by atomic mass is 16.6. The van der Waals surface area contributed by atoms with Crippen molar-refractivity contribution >= 4 is 23.4 Å². The Morgan fingerprint density at radius 2 is 1.62 bits per heavy atom. The third-order valence-corrected chi connectivity index (χ3v) is 6.30. The lowest BCUT2D eigenvalue weighted by atomic mass is 10.1. The van der Waals surface area contributed by atoms with Crippen LogP contribution in [-0.4, -0.2) is 66.2 Å². The number of likely N-dealkylation sites (tertiary alicyclic amines) is 1. The predicted molar refractivity (Wildman–Crippen MR) is 135 cm³/mol. The van der Waals surface area contributed by atoms with E-state index in [0.717, 1.165) is 50.5 Å². The first-order valence-electron chi connectivity index (χ1n) is 12.2. The zero-order chi connectivity index (χ0) is 24.1. The van der Waals surface area contributed by atoms with Crippen LogP contribution >= 0.6 is 0 Å². The molecule has 0 radical (unpaired) electrons. The average Bonchev–Trinajstić information content (AvgIpc) is 3.30. The van der Waals surface area contributed by atoms with E-state index in [1.807, 2.05) is 32.9 Å². The Morgan fingerprint density at radius 3 is 2.26 bits per heavy atom. The zero-order valence-corrected chi connectivity index (χ0v) is 20.5. The lowest BCUT2D eigenvalue weighted by Crippen LogP contribution is -2.46. The molecule has 2 fully saturated rings. The fraction of sp³-hybridized carbons (Fsp3) is 0.481. The van der Waals surface area contributed by atoms with E-state index in [2.05, 4.69) is 57.6 Å². The van der Waals surface area contributed by atoms with E-state index >= 15 is 0 Å². The van der Waals surface area contributed by atoms with Crippen LogP contribution in [0.1, 0.15) is 39.2 Å². The van der Waals surface area contributed by atoms with E-state index in [4.69, 9.17) is 4.74 Å². The van der Waals surface area contributed by atoms with Gasteiger partial charge in [-0.2, -0.15) is 0 Å². The number of ether oxygens (including phenoxy) is 1. The fourth-order valence-electron chi connectivity index (χ4n) is 4.57. The molecule has 0 saturated carbocycles. The van der Waals surface area contributed by atoms with E-state index in [0.29, 0.717) is 13.0 Å². The molecule has 2 aliphatic rings. The van der Waals surface area contributed by atoms with Gasteiger partial charge in [-0.3, -0.25) is 14.6 Å². The lowest BCUT2D eigenvalue weighted by Gasteiger charge is -2.36. The Kier molecular flexibility index (Phi) is 7.41. The number of hydrogen-bond acceptors (Lipinski definition) is 5. The highest BCUT2D eigenvalue weighted by Gasteiger charge is 2.36. The molecule has 2 amide bonds. The molecule has 7 heteroatoms. The van der Waals surface area contributed by atoms with Gasteiger partial charge in [-0.05, 0) is 63.4 Å². The molecular weight excluding hydrogens is 428 g/mol. The second kappa shape index (κ2) is 10.5. The number of anilines is 2. The van der Waals surface area contributed by atoms with Crippen molar-refractivity contribution in [3.63, 3.8) is 0 Å². The van der Waals surface area contributed by atoms with Crippen molar-refractivity contribution in [1.82, 2.24) is 9.80 Å². The van der Waals surface area contributed by atoms with Gasteiger partial charge in [0.1, 0.15) is 11.6 Å². The molecule has 1 N–H and O–H groups in total. The Hall–Kier alpha value is -3.06. The standard InChI is InChI=1S/C27H36N4O3/c1-27(2,3)34-26(33)31-15-7-10-24(31)25(32)28-22-11-13-23(14-12-22)30-18-16-29(17-19-30)20-21-8-5-4-6-9-21/h4-6,8-9,11-14,24H,7,10,15-20H2,1-3H3,(H,28,32). The van der Waals surface area contributed by atoms with Crippen LogP contribution in [0.25, 0.3) is 0 Å². The van der Waals surface area contributed by atoms with Crippen molar-refractivity contribution in [2.75, 3.05) is 42.9 Å². The summed E-state index contributed by atoms with van der Waals surface area (Å²) in [5.74, 6) is -0.161. The van der Waals surface area contributed by atoms with Crippen LogP contribution in [0, 0.1) is 0 Å². The summed E-state index contributed by atoms with van der Waals surface area (Å²) in [7, 11) is 0. The third kappa shape index (κ3) is 6.29. The van der Waals surface area contributed by atoms with Gasteiger partial charge in [-0.25, -0.2) is 4.79 Å². The zero-order valence-electron chi connectivity index (χ0n) is 20.5. The number of nitrogens with one attached hydrogen (secondary N) is 1. The summed E-state index contributed by atoms with van der Waals surface area (Å²) in [4.78, 5) is 31.8. The lowest BCUT2D eigenvalue weighted by molar-refractivity contribution is -0.120. The number of hydrogen-bond donors (Lipinski definition) is 1.